The van der Waals surface area contributed by atoms with Crippen molar-refractivity contribution in [3.05, 3.63) is 59.4 Å². The van der Waals surface area contributed by atoms with E-state index in [0.717, 1.165) is 5.39 Å². The molecular formula is C19H18N2O5. The molecule has 0 saturated heterocycles. The third-order valence-corrected chi connectivity index (χ3v) is 3.95. The minimum absolute atomic E-state index is 0.148. The summed E-state index contributed by atoms with van der Waals surface area (Å²) >= 11 is 0. The number of furan rings is 1. The van der Waals surface area contributed by atoms with Crippen LogP contribution in [-0.4, -0.2) is 26.0 Å². The second kappa shape index (κ2) is 7.18. The van der Waals surface area contributed by atoms with Crippen molar-refractivity contribution in [2.45, 2.75) is 6.92 Å². The van der Waals surface area contributed by atoms with Gasteiger partial charge in [-0.3, -0.25) is 20.4 Å². The third-order valence-electron chi connectivity index (χ3n) is 3.95. The fourth-order valence-corrected chi connectivity index (χ4v) is 2.57. The van der Waals surface area contributed by atoms with Gasteiger partial charge >= 0.3 is 5.91 Å². The largest absolute Gasteiger partial charge is 0.497 e. The molecule has 0 unspecified atom stereocenters. The van der Waals surface area contributed by atoms with Gasteiger partial charge in [0.25, 0.3) is 5.91 Å². The first-order valence-electron chi connectivity index (χ1n) is 7.85. The van der Waals surface area contributed by atoms with Crippen molar-refractivity contribution in [2.75, 3.05) is 14.2 Å². The fourth-order valence-electron chi connectivity index (χ4n) is 2.57. The zero-order valence-electron chi connectivity index (χ0n) is 14.6. The molecular weight excluding hydrogens is 336 g/mol. The topological polar surface area (TPSA) is 89.8 Å². The molecule has 0 aliphatic heterocycles. The van der Waals surface area contributed by atoms with E-state index < -0.39 is 11.8 Å². The third kappa shape index (κ3) is 3.32. The van der Waals surface area contributed by atoms with Gasteiger partial charge in [-0.05, 0) is 25.1 Å². The molecule has 2 aromatic carbocycles. The lowest BCUT2D eigenvalue weighted by molar-refractivity contribution is 0.0831. The number of hydrogen-bond donors (Lipinski definition) is 2. The highest BCUT2D eigenvalue weighted by molar-refractivity contribution is 6.01. The number of rotatable bonds is 4. The molecule has 0 aliphatic carbocycles. The Morgan fingerprint density at radius 1 is 0.923 bits per heavy atom. The first-order chi connectivity index (χ1) is 12.5. The van der Waals surface area contributed by atoms with Gasteiger partial charge in [0.2, 0.25) is 0 Å². The van der Waals surface area contributed by atoms with Crippen LogP contribution in [0.5, 0.6) is 11.5 Å². The number of hydrogen-bond acceptors (Lipinski definition) is 5. The SMILES string of the molecule is COc1cc(OC)cc(C(=O)NNC(=O)c2oc3ccccc3c2C)c1. The maximum atomic E-state index is 12.3. The normalized spacial score (nSPS) is 10.4. The lowest BCUT2D eigenvalue weighted by atomic mass is 10.1. The second-order valence-electron chi connectivity index (χ2n) is 5.56. The number of aryl methyl sites for hydroxylation is 1. The average Bonchev–Trinajstić information content (AvgIpc) is 3.02. The molecule has 0 spiro atoms. The lowest BCUT2D eigenvalue weighted by Gasteiger charge is -2.09. The van der Waals surface area contributed by atoms with E-state index in [1.807, 2.05) is 18.2 Å². The van der Waals surface area contributed by atoms with Crippen molar-refractivity contribution < 1.29 is 23.5 Å². The highest BCUT2D eigenvalue weighted by Gasteiger charge is 2.18. The Balaban J connectivity index is 1.74. The van der Waals surface area contributed by atoms with Crippen LogP contribution in [0, 0.1) is 6.92 Å². The summed E-state index contributed by atoms with van der Waals surface area (Å²) in [6.07, 6.45) is 0. The summed E-state index contributed by atoms with van der Waals surface area (Å²) in [5.74, 6) is 0.0314. The maximum absolute atomic E-state index is 12.3. The van der Waals surface area contributed by atoms with Crippen LogP contribution in [0.15, 0.2) is 46.9 Å². The standard InChI is InChI=1S/C19H18N2O5/c1-11-15-6-4-5-7-16(15)26-17(11)19(23)21-20-18(22)12-8-13(24-2)10-14(9-12)25-3/h4-10H,1-3H3,(H,20,22)(H,21,23). The summed E-state index contributed by atoms with van der Waals surface area (Å²) in [6.45, 7) is 1.79. The molecule has 0 fully saturated rings. The minimum Gasteiger partial charge on any atom is -0.497 e. The molecule has 2 amide bonds. The van der Waals surface area contributed by atoms with Gasteiger partial charge in [0.05, 0.1) is 14.2 Å². The van der Waals surface area contributed by atoms with Crippen LogP contribution in [-0.2, 0) is 0 Å². The first kappa shape index (κ1) is 17.3. The molecule has 3 aromatic rings. The van der Waals surface area contributed by atoms with Gasteiger partial charge in [-0.15, -0.1) is 0 Å². The molecule has 7 nitrogen and oxygen atoms in total. The number of fused-ring (bicyclic) bond motifs is 1. The van der Waals surface area contributed by atoms with E-state index in [-0.39, 0.29) is 11.3 Å². The number of nitrogens with one attached hydrogen (secondary N) is 2. The predicted molar refractivity (Wildman–Crippen MR) is 95.4 cm³/mol. The Kier molecular flexibility index (Phi) is 4.79. The quantitative estimate of drug-likeness (QED) is 0.703. The number of methoxy groups -OCH3 is 2. The smallest absolute Gasteiger partial charge is 0.305 e. The second-order valence-corrected chi connectivity index (χ2v) is 5.56. The van der Waals surface area contributed by atoms with Crippen molar-refractivity contribution in [3.8, 4) is 11.5 Å². The van der Waals surface area contributed by atoms with Gasteiger partial charge in [-0.1, -0.05) is 18.2 Å². The molecule has 0 bridgehead atoms. The number of para-hydroxylation sites is 1. The number of amides is 2. The van der Waals surface area contributed by atoms with Crippen LogP contribution in [0.4, 0.5) is 0 Å². The molecule has 26 heavy (non-hydrogen) atoms. The molecule has 0 saturated carbocycles. The van der Waals surface area contributed by atoms with E-state index in [4.69, 9.17) is 13.9 Å². The molecule has 0 radical (unpaired) electrons. The molecule has 7 heteroatoms. The van der Waals surface area contributed by atoms with Gasteiger partial charge < -0.3 is 13.9 Å². The Morgan fingerprint density at radius 3 is 2.15 bits per heavy atom. The summed E-state index contributed by atoms with van der Waals surface area (Å²) in [4.78, 5) is 24.7. The average molecular weight is 354 g/mol. The molecule has 134 valence electrons. The zero-order valence-corrected chi connectivity index (χ0v) is 14.6. The van der Waals surface area contributed by atoms with Gasteiger partial charge in [0.15, 0.2) is 5.76 Å². The molecule has 0 atom stereocenters. The summed E-state index contributed by atoms with van der Waals surface area (Å²) in [7, 11) is 2.98. The Hall–Kier alpha value is -3.48. The van der Waals surface area contributed by atoms with Crippen molar-refractivity contribution in [3.63, 3.8) is 0 Å². The predicted octanol–water partition coefficient (Wildman–Crippen LogP) is 2.83. The van der Waals surface area contributed by atoms with Crippen LogP contribution in [0.2, 0.25) is 0 Å². The van der Waals surface area contributed by atoms with Crippen LogP contribution in [0.25, 0.3) is 11.0 Å². The van der Waals surface area contributed by atoms with Crippen molar-refractivity contribution in [2.24, 2.45) is 0 Å². The molecule has 1 aromatic heterocycles. The van der Waals surface area contributed by atoms with Crippen LogP contribution in [0.1, 0.15) is 26.5 Å². The maximum Gasteiger partial charge on any atom is 0.305 e. The van der Waals surface area contributed by atoms with Crippen LogP contribution >= 0.6 is 0 Å². The highest BCUT2D eigenvalue weighted by atomic mass is 16.5. The highest BCUT2D eigenvalue weighted by Crippen LogP contribution is 2.25. The van der Waals surface area contributed by atoms with Crippen LogP contribution in [0.3, 0.4) is 0 Å². The van der Waals surface area contributed by atoms with Gasteiger partial charge in [-0.2, -0.15) is 0 Å². The molecule has 3 rings (SSSR count). The van der Waals surface area contributed by atoms with Crippen LogP contribution < -0.4 is 20.3 Å². The Bertz CT molecular complexity index is 955. The van der Waals surface area contributed by atoms with Gasteiger partial charge in [0.1, 0.15) is 17.1 Å². The zero-order chi connectivity index (χ0) is 18.7. The number of hydrazine groups is 1. The Labute approximate surface area is 149 Å². The van der Waals surface area contributed by atoms with E-state index in [9.17, 15) is 9.59 Å². The minimum atomic E-state index is -0.540. The van der Waals surface area contributed by atoms with E-state index in [1.165, 1.54) is 26.4 Å². The summed E-state index contributed by atoms with van der Waals surface area (Å²) in [5, 5.41) is 0.849. The Morgan fingerprint density at radius 2 is 1.54 bits per heavy atom. The van der Waals surface area contributed by atoms with Crippen molar-refractivity contribution in [1.29, 1.82) is 0 Å². The van der Waals surface area contributed by atoms with E-state index in [2.05, 4.69) is 10.9 Å². The molecule has 1 heterocycles. The molecule has 2 N–H and O–H groups in total. The molecule has 0 aliphatic rings. The number of ether oxygens (including phenoxy) is 2. The summed E-state index contributed by atoms with van der Waals surface area (Å²) in [6, 6.07) is 12.1. The van der Waals surface area contributed by atoms with E-state index in [1.54, 1.807) is 19.1 Å². The van der Waals surface area contributed by atoms with Gasteiger partial charge in [-0.25, -0.2) is 0 Å². The summed E-state index contributed by atoms with van der Waals surface area (Å²) < 4.78 is 15.8. The van der Waals surface area contributed by atoms with E-state index in [0.29, 0.717) is 22.6 Å². The number of carbonyl (C=O) groups excluding carboxylic acids is 2. The lowest BCUT2D eigenvalue weighted by Crippen LogP contribution is -2.41. The monoisotopic (exact) mass is 354 g/mol. The van der Waals surface area contributed by atoms with Crippen molar-refractivity contribution >= 4 is 22.8 Å². The number of carbonyl (C=O) groups is 2. The summed E-state index contributed by atoms with van der Waals surface area (Å²) in [5.41, 5.74) is 6.32. The first-order valence-corrected chi connectivity index (χ1v) is 7.85. The van der Waals surface area contributed by atoms with Gasteiger partial charge in [0, 0.05) is 22.6 Å². The van der Waals surface area contributed by atoms with E-state index >= 15 is 0 Å². The fraction of sp³-hybridized carbons (Fsp3) is 0.158. The number of benzene rings is 2. The van der Waals surface area contributed by atoms with Crippen molar-refractivity contribution in [1.82, 2.24) is 10.9 Å².